The number of nitrogens with one attached hydrogen (secondary N) is 1. The Morgan fingerprint density at radius 1 is 1.06 bits per heavy atom. The SMILES string of the molecule is CC(=O)c1ccc(N2CCN(C(=O)C3CCCC3ONS(=O)(=O)c3ccccc3C)CC2)c(F)c1. The van der Waals surface area contributed by atoms with Gasteiger partial charge in [0.25, 0.3) is 10.0 Å². The molecule has 1 amide bonds. The van der Waals surface area contributed by atoms with Gasteiger partial charge in [-0.15, -0.1) is 0 Å². The molecule has 1 saturated heterocycles. The van der Waals surface area contributed by atoms with Gasteiger partial charge in [-0.25, -0.2) is 12.8 Å². The maximum atomic E-state index is 14.5. The molecule has 0 spiro atoms. The lowest BCUT2D eigenvalue weighted by molar-refractivity contribution is -0.141. The van der Waals surface area contributed by atoms with Crippen LogP contribution < -0.4 is 9.79 Å². The molecule has 2 aliphatic rings. The molecule has 2 fully saturated rings. The quantitative estimate of drug-likeness (QED) is 0.461. The van der Waals surface area contributed by atoms with Crippen LogP contribution >= 0.6 is 0 Å². The van der Waals surface area contributed by atoms with Gasteiger partial charge in [-0.3, -0.25) is 14.4 Å². The Morgan fingerprint density at radius 2 is 1.77 bits per heavy atom. The van der Waals surface area contributed by atoms with E-state index in [-0.39, 0.29) is 16.6 Å². The van der Waals surface area contributed by atoms with Crippen LogP contribution in [0.2, 0.25) is 0 Å². The Balaban J connectivity index is 1.35. The summed E-state index contributed by atoms with van der Waals surface area (Å²) >= 11 is 0. The number of hydrogen-bond donors (Lipinski definition) is 1. The van der Waals surface area contributed by atoms with Crippen molar-refractivity contribution < 1.29 is 27.2 Å². The van der Waals surface area contributed by atoms with E-state index in [2.05, 4.69) is 4.89 Å². The van der Waals surface area contributed by atoms with Crippen LogP contribution in [0.4, 0.5) is 10.1 Å². The summed E-state index contributed by atoms with van der Waals surface area (Å²) in [6, 6.07) is 11.1. The topological polar surface area (TPSA) is 96.0 Å². The zero-order chi connectivity index (χ0) is 25.2. The molecule has 0 radical (unpaired) electrons. The number of aryl methyl sites for hydroxylation is 1. The number of carbonyl (C=O) groups excluding carboxylic acids is 2. The van der Waals surface area contributed by atoms with Gasteiger partial charge in [-0.1, -0.05) is 23.1 Å². The van der Waals surface area contributed by atoms with Gasteiger partial charge >= 0.3 is 0 Å². The first-order valence-corrected chi connectivity index (χ1v) is 13.2. The normalized spacial score (nSPS) is 20.8. The monoisotopic (exact) mass is 503 g/mol. The first-order chi connectivity index (χ1) is 16.7. The van der Waals surface area contributed by atoms with Crippen LogP contribution in [0.3, 0.4) is 0 Å². The molecule has 4 rings (SSSR count). The average molecular weight is 504 g/mol. The fraction of sp³-hybridized carbons (Fsp3) is 0.440. The summed E-state index contributed by atoms with van der Waals surface area (Å²) in [5.74, 6) is -1.16. The molecule has 1 heterocycles. The molecule has 1 N–H and O–H groups in total. The number of piperazine rings is 1. The molecule has 0 aromatic heterocycles. The molecule has 1 aliphatic heterocycles. The molecule has 0 bridgehead atoms. The van der Waals surface area contributed by atoms with E-state index >= 15 is 0 Å². The summed E-state index contributed by atoms with van der Waals surface area (Å²) in [6.45, 7) is 4.86. The van der Waals surface area contributed by atoms with Crippen LogP contribution in [-0.2, 0) is 19.7 Å². The average Bonchev–Trinajstić information content (AvgIpc) is 3.31. The summed E-state index contributed by atoms with van der Waals surface area (Å²) < 4.78 is 39.8. The van der Waals surface area contributed by atoms with Crippen LogP contribution in [0.15, 0.2) is 47.4 Å². The smallest absolute Gasteiger partial charge is 0.262 e. The number of amides is 1. The minimum atomic E-state index is -3.86. The minimum absolute atomic E-state index is 0.0744. The molecule has 2 aromatic carbocycles. The molecule has 2 atom stereocenters. The van der Waals surface area contributed by atoms with E-state index in [4.69, 9.17) is 4.84 Å². The lowest BCUT2D eigenvalue weighted by Gasteiger charge is -2.38. The Hall–Kier alpha value is -2.82. The van der Waals surface area contributed by atoms with Crippen LogP contribution in [0.5, 0.6) is 0 Å². The fourth-order valence-corrected chi connectivity index (χ4v) is 5.85. The summed E-state index contributed by atoms with van der Waals surface area (Å²) in [5.41, 5.74) is 1.34. The third-order valence-corrected chi connectivity index (χ3v) is 8.10. The first-order valence-electron chi connectivity index (χ1n) is 11.7. The highest BCUT2D eigenvalue weighted by atomic mass is 32.2. The number of benzene rings is 2. The van der Waals surface area contributed by atoms with Crippen molar-refractivity contribution in [3.8, 4) is 0 Å². The van der Waals surface area contributed by atoms with Gasteiger partial charge < -0.3 is 9.80 Å². The second-order valence-corrected chi connectivity index (χ2v) is 10.7. The molecular weight excluding hydrogens is 473 g/mol. The van der Waals surface area contributed by atoms with Gasteiger partial charge in [0.15, 0.2) is 5.78 Å². The highest BCUT2D eigenvalue weighted by molar-refractivity contribution is 7.89. The van der Waals surface area contributed by atoms with Gasteiger partial charge in [0.05, 0.1) is 22.6 Å². The second-order valence-electron chi connectivity index (χ2n) is 9.08. The summed E-state index contributed by atoms with van der Waals surface area (Å²) in [5, 5.41) is 0. The minimum Gasteiger partial charge on any atom is -0.366 e. The van der Waals surface area contributed by atoms with E-state index in [1.54, 1.807) is 42.2 Å². The number of anilines is 1. The van der Waals surface area contributed by atoms with Crippen molar-refractivity contribution in [1.82, 2.24) is 9.79 Å². The zero-order valence-corrected chi connectivity index (χ0v) is 20.7. The number of rotatable bonds is 7. The molecule has 1 saturated carbocycles. The molecule has 10 heteroatoms. The highest BCUT2D eigenvalue weighted by Crippen LogP contribution is 2.31. The van der Waals surface area contributed by atoms with Gasteiger partial charge in [0.2, 0.25) is 5.91 Å². The predicted molar refractivity (Wildman–Crippen MR) is 129 cm³/mol. The van der Waals surface area contributed by atoms with Crippen molar-refractivity contribution >= 4 is 27.4 Å². The molecule has 2 aromatic rings. The van der Waals surface area contributed by atoms with E-state index in [0.717, 1.165) is 6.42 Å². The van der Waals surface area contributed by atoms with Crippen LogP contribution in [0.1, 0.15) is 42.1 Å². The van der Waals surface area contributed by atoms with E-state index in [1.165, 1.54) is 19.1 Å². The van der Waals surface area contributed by atoms with Crippen LogP contribution in [0, 0.1) is 18.7 Å². The summed E-state index contributed by atoms with van der Waals surface area (Å²) in [6.07, 6.45) is 1.42. The maximum absolute atomic E-state index is 14.5. The van der Waals surface area contributed by atoms with E-state index in [9.17, 15) is 22.4 Å². The van der Waals surface area contributed by atoms with Gasteiger partial charge in [0.1, 0.15) is 5.82 Å². The fourth-order valence-electron chi connectivity index (χ4n) is 4.76. The van der Waals surface area contributed by atoms with Crippen molar-refractivity contribution in [2.75, 3.05) is 31.1 Å². The third-order valence-electron chi connectivity index (χ3n) is 6.75. The van der Waals surface area contributed by atoms with E-state index in [0.29, 0.717) is 55.8 Å². The third kappa shape index (κ3) is 5.55. The van der Waals surface area contributed by atoms with Crippen molar-refractivity contribution in [3.05, 3.63) is 59.4 Å². The van der Waals surface area contributed by atoms with E-state index in [1.807, 2.05) is 4.90 Å². The number of halogens is 1. The van der Waals surface area contributed by atoms with Crippen LogP contribution in [0.25, 0.3) is 0 Å². The van der Waals surface area contributed by atoms with Gasteiger partial charge in [0, 0.05) is 31.7 Å². The highest BCUT2D eigenvalue weighted by Gasteiger charge is 2.38. The second kappa shape index (κ2) is 10.4. The van der Waals surface area contributed by atoms with Crippen LogP contribution in [-0.4, -0.2) is 57.3 Å². The first kappa shape index (κ1) is 25.3. The molecule has 1 aliphatic carbocycles. The zero-order valence-electron chi connectivity index (χ0n) is 19.9. The van der Waals surface area contributed by atoms with Crippen molar-refractivity contribution in [3.63, 3.8) is 0 Å². The number of Topliss-reactive ketones (excluding diaryl/α,β-unsaturated/α-hetero) is 1. The lowest BCUT2D eigenvalue weighted by Crippen LogP contribution is -2.52. The van der Waals surface area contributed by atoms with E-state index < -0.39 is 27.9 Å². The Kier molecular flexibility index (Phi) is 7.53. The number of hydrogen-bond acceptors (Lipinski definition) is 6. The standard InChI is InChI=1S/C25H30FN3O5S/c1-17-6-3-4-9-24(17)35(32,33)27-34-23-8-5-7-20(23)25(31)29-14-12-28(13-15-29)22-11-10-19(18(2)30)16-21(22)26/h3-4,6,9-11,16,20,23,27H,5,7-8,12-15H2,1-2H3. The lowest BCUT2D eigenvalue weighted by atomic mass is 10.0. The molecule has 8 nitrogen and oxygen atoms in total. The molecule has 2 unspecified atom stereocenters. The number of carbonyl (C=O) groups is 2. The largest absolute Gasteiger partial charge is 0.366 e. The summed E-state index contributed by atoms with van der Waals surface area (Å²) in [4.78, 5) is 36.2. The summed E-state index contributed by atoms with van der Waals surface area (Å²) in [7, 11) is -3.86. The Bertz CT molecular complexity index is 1210. The van der Waals surface area contributed by atoms with Crippen molar-refractivity contribution in [2.45, 2.75) is 44.1 Å². The molecular formula is C25H30FN3O5S. The number of sulfonamides is 1. The number of ketones is 1. The molecule has 188 valence electrons. The van der Waals surface area contributed by atoms with Crippen molar-refractivity contribution in [2.24, 2.45) is 5.92 Å². The number of nitrogens with zero attached hydrogens (tertiary/aromatic N) is 2. The van der Waals surface area contributed by atoms with Crippen molar-refractivity contribution in [1.29, 1.82) is 0 Å². The Morgan fingerprint density at radius 3 is 2.43 bits per heavy atom. The van der Waals surface area contributed by atoms with Gasteiger partial charge in [-0.05, 0) is 62.9 Å². The van der Waals surface area contributed by atoms with Gasteiger partial charge in [-0.2, -0.15) is 0 Å². The maximum Gasteiger partial charge on any atom is 0.262 e. The predicted octanol–water partition coefficient (Wildman–Crippen LogP) is 3.06. The Labute approximate surface area is 205 Å². The molecule has 35 heavy (non-hydrogen) atoms.